The van der Waals surface area contributed by atoms with E-state index >= 15 is 0 Å². The van der Waals surface area contributed by atoms with Gasteiger partial charge in [0.1, 0.15) is 10.6 Å². The minimum absolute atomic E-state index is 0. The summed E-state index contributed by atoms with van der Waals surface area (Å²) in [6.45, 7) is 0. The molecule has 0 atom stereocenters. The topological polar surface area (TPSA) is 108 Å². The van der Waals surface area contributed by atoms with Gasteiger partial charge in [-0.3, -0.25) is 20.4 Å². The van der Waals surface area contributed by atoms with E-state index in [-0.39, 0.29) is 5.48 Å². The smallest absolute Gasteiger partial charge is 0.283 e. The highest BCUT2D eigenvalue weighted by Gasteiger charge is 2.18. The molecule has 1 aromatic heterocycles. The highest BCUT2D eigenvalue weighted by atomic mass is 79.9. The Balaban J connectivity index is 0.00000264. The van der Waals surface area contributed by atoms with E-state index < -0.39 is 11.8 Å². The van der Waals surface area contributed by atoms with Crippen molar-refractivity contribution in [3.05, 3.63) is 44.6 Å². The highest BCUT2D eigenvalue weighted by molar-refractivity contribution is 9.10. The van der Waals surface area contributed by atoms with E-state index in [4.69, 9.17) is 9.47 Å². The van der Waals surface area contributed by atoms with Crippen molar-refractivity contribution in [3.63, 3.8) is 0 Å². The zero-order valence-corrected chi connectivity index (χ0v) is 14.7. The number of rotatable bonds is 4. The lowest BCUT2D eigenvalue weighted by Crippen LogP contribution is -2.41. The summed E-state index contributed by atoms with van der Waals surface area (Å²) in [4.78, 5) is 24.3. The number of benzene rings is 1. The third kappa shape index (κ3) is 4.44. The Bertz CT molecular complexity index is 687. The summed E-state index contributed by atoms with van der Waals surface area (Å²) in [5.74, 6) is 0.204. The van der Waals surface area contributed by atoms with Crippen molar-refractivity contribution in [3.8, 4) is 11.5 Å². The molecule has 1 heterocycles. The fraction of sp³-hybridized carbons (Fsp3) is 0.143. The van der Waals surface area contributed by atoms with Gasteiger partial charge < -0.3 is 14.9 Å². The number of carbonyl (C=O) groups is 2. The van der Waals surface area contributed by atoms with Crippen LogP contribution in [-0.2, 0) is 0 Å². The maximum absolute atomic E-state index is 12.0. The van der Waals surface area contributed by atoms with Crippen molar-refractivity contribution >= 4 is 39.1 Å². The van der Waals surface area contributed by atoms with E-state index in [2.05, 4.69) is 26.8 Å². The monoisotopic (exact) mass is 402 g/mol. The summed E-state index contributed by atoms with van der Waals surface area (Å²) in [7, 11) is 3.02. The molecule has 9 heteroatoms. The van der Waals surface area contributed by atoms with Gasteiger partial charge in [0, 0.05) is 10.9 Å². The van der Waals surface area contributed by atoms with E-state index in [0.717, 1.165) is 0 Å². The zero-order chi connectivity index (χ0) is 16.1. The third-order valence-electron chi connectivity index (χ3n) is 2.76. The van der Waals surface area contributed by atoms with Crippen molar-refractivity contribution in [2.45, 2.75) is 0 Å². The lowest BCUT2D eigenvalue weighted by Gasteiger charge is -2.08. The molecule has 0 aliphatic rings. The average molecular weight is 403 g/mol. The molecule has 7 nitrogen and oxygen atoms in total. The van der Waals surface area contributed by atoms with Crippen LogP contribution in [0.3, 0.4) is 0 Å². The lowest BCUT2D eigenvalue weighted by atomic mass is 10.2. The Morgan fingerprint density at radius 2 is 1.65 bits per heavy atom. The molecule has 1 aromatic carbocycles. The number of amides is 2. The molecule has 124 valence electrons. The van der Waals surface area contributed by atoms with E-state index in [1.807, 2.05) is 0 Å². The SMILES string of the molecule is COc1ccc(C(=O)NNC(=O)c2scc(Br)c2OC)cc1.O. The second-order valence-corrected chi connectivity index (χ2v) is 5.82. The summed E-state index contributed by atoms with van der Waals surface area (Å²) in [5.41, 5.74) is 5.11. The van der Waals surface area contributed by atoms with Gasteiger partial charge in [0.25, 0.3) is 11.8 Å². The van der Waals surface area contributed by atoms with Crippen molar-refractivity contribution in [1.29, 1.82) is 0 Å². The molecule has 0 aliphatic carbocycles. The average Bonchev–Trinajstić information content (AvgIpc) is 2.93. The second-order valence-electron chi connectivity index (χ2n) is 4.08. The van der Waals surface area contributed by atoms with Crippen LogP contribution >= 0.6 is 27.3 Å². The van der Waals surface area contributed by atoms with Gasteiger partial charge in [-0.15, -0.1) is 11.3 Å². The first-order valence-corrected chi connectivity index (χ1v) is 7.79. The zero-order valence-electron chi connectivity index (χ0n) is 12.3. The van der Waals surface area contributed by atoms with Crippen molar-refractivity contribution in [2.75, 3.05) is 14.2 Å². The molecule has 4 N–H and O–H groups in total. The van der Waals surface area contributed by atoms with Gasteiger partial charge in [0.05, 0.1) is 18.7 Å². The Morgan fingerprint density at radius 1 is 1.04 bits per heavy atom. The predicted molar refractivity (Wildman–Crippen MR) is 90.1 cm³/mol. The number of hydrogen-bond acceptors (Lipinski definition) is 5. The lowest BCUT2D eigenvalue weighted by molar-refractivity contribution is 0.0847. The number of methoxy groups -OCH3 is 2. The standard InChI is InChI=1S/C14H13BrN2O4S.H2O/c1-20-9-5-3-8(4-6-9)13(18)16-17-14(19)12-11(21-2)10(15)7-22-12;/h3-7H,1-2H3,(H,16,18)(H,17,19);1H2. The molecule has 0 fully saturated rings. The fourth-order valence-electron chi connectivity index (χ4n) is 1.66. The number of thiophene rings is 1. The first-order valence-electron chi connectivity index (χ1n) is 6.12. The normalized spacial score (nSPS) is 9.52. The van der Waals surface area contributed by atoms with Crippen LogP contribution in [-0.4, -0.2) is 31.5 Å². The molecular weight excluding hydrogens is 388 g/mol. The molecule has 0 unspecified atom stereocenters. The molecule has 2 aromatic rings. The summed E-state index contributed by atoms with van der Waals surface area (Å²) >= 11 is 4.49. The Hall–Kier alpha value is -2.10. The van der Waals surface area contributed by atoms with Gasteiger partial charge in [-0.05, 0) is 40.2 Å². The second kappa shape index (κ2) is 8.51. The summed E-state index contributed by atoms with van der Waals surface area (Å²) in [6.07, 6.45) is 0. The molecule has 0 spiro atoms. The molecule has 0 saturated heterocycles. The minimum atomic E-state index is -0.450. The number of carbonyl (C=O) groups excluding carboxylic acids is 2. The number of hydrazine groups is 1. The first-order chi connectivity index (χ1) is 10.6. The molecule has 23 heavy (non-hydrogen) atoms. The molecule has 2 amide bonds. The van der Waals surface area contributed by atoms with Crippen LogP contribution in [0.1, 0.15) is 20.0 Å². The molecule has 0 saturated carbocycles. The maximum atomic E-state index is 12.0. The van der Waals surface area contributed by atoms with Crippen LogP contribution in [0.25, 0.3) is 0 Å². The molecule has 2 rings (SSSR count). The Labute approximate surface area is 145 Å². The summed E-state index contributed by atoms with van der Waals surface area (Å²) in [5, 5.41) is 1.74. The van der Waals surface area contributed by atoms with E-state index in [1.54, 1.807) is 36.8 Å². The summed E-state index contributed by atoms with van der Waals surface area (Å²) in [6, 6.07) is 6.53. The maximum Gasteiger partial charge on any atom is 0.283 e. The number of halogens is 1. The number of hydrogen-bond donors (Lipinski definition) is 2. The van der Waals surface area contributed by atoms with Crippen LogP contribution in [0.15, 0.2) is 34.1 Å². The van der Waals surface area contributed by atoms with Crippen LogP contribution in [0.5, 0.6) is 11.5 Å². The molecule has 0 radical (unpaired) electrons. The van der Waals surface area contributed by atoms with Gasteiger partial charge in [0.2, 0.25) is 0 Å². The van der Waals surface area contributed by atoms with E-state index in [0.29, 0.717) is 26.4 Å². The highest BCUT2D eigenvalue weighted by Crippen LogP contribution is 2.34. The number of ether oxygens (including phenoxy) is 2. The van der Waals surface area contributed by atoms with Crippen molar-refractivity contribution in [1.82, 2.24) is 10.9 Å². The van der Waals surface area contributed by atoms with Crippen LogP contribution < -0.4 is 20.3 Å². The Kier molecular flexibility index (Phi) is 7.01. The quantitative estimate of drug-likeness (QED) is 0.759. The van der Waals surface area contributed by atoms with Crippen molar-refractivity contribution in [2.24, 2.45) is 0 Å². The van der Waals surface area contributed by atoms with Gasteiger partial charge in [0.15, 0.2) is 5.75 Å². The first kappa shape index (κ1) is 18.9. The van der Waals surface area contributed by atoms with E-state index in [1.165, 1.54) is 18.4 Å². The molecular formula is C14H15BrN2O5S. The number of nitrogens with one attached hydrogen (secondary N) is 2. The summed E-state index contributed by atoms with van der Waals surface area (Å²) < 4.78 is 10.8. The largest absolute Gasteiger partial charge is 0.497 e. The van der Waals surface area contributed by atoms with Crippen molar-refractivity contribution < 1.29 is 24.5 Å². The minimum Gasteiger partial charge on any atom is -0.497 e. The van der Waals surface area contributed by atoms with Gasteiger partial charge in [-0.1, -0.05) is 0 Å². The van der Waals surface area contributed by atoms with Crippen LogP contribution in [0.2, 0.25) is 0 Å². The van der Waals surface area contributed by atoms with E-state index in [9.17, 15) is 9.59 Å². The van der Waals surface area contributed by atoms with Gasteiger partial charge >= 0.3 is 0 Å². The van der Waals surface area contributed by atoms with Gasteiger partial charge in [-0.2, -0.15) is 0 Å². The van der Waals surface area contributed by atoms with Gasteiger partial charge in [-0.25, -0.2) is 0 Å². The fourth-order valence-corrected chi connectivity index (χ4v) is 3.22. The van der Waals surface area contributed by atoms with Crippen LogP contribution in [0, 0.1) is 0 Å². The Morgan fingerprint density at radius 3 is 2.22 bits per heavy atom. The molecule has 0 bridgehead atoms. The van der Waals surface area contributed by atoms with Crippen LogP contribution in [0.4, 0.5) is 0 Å². The predicted octanol–water partition coefficient (Wildman–Crippen LogP) is 1.78. The molecule has 0 aliphatic heterocycles. The third-order valence-corrected chi connectivity index (χ3v) is 4.61.